The van der Waals surface area contributed by atoms with Crippen molar-refractivity contribution in [2.75, 3.05) is 0 Å². The van der Waals surface area contributed by atoms with E-state index < -0.39 is 0 Å². The first-order chi connectivity index (χ1) is 9.25. The Morgan fingerprint density at radius 2 is 1.60 bits per heavy atom. The first-order valence-electron chi connectivity index (χ1n) is 6.78. The van der Waals surface area contributed by atoms with Gasteiger partial charge in [0.05, 0.1) is 6.04 Å². The molecule has 0 atom stereocenters. The van der Waals surface area contributed by atoms with Crippen LogP contribution in [-0.4, -0.2) is 4.57 Å². The molecule has 0 aliphatic carbocycles. The van der Waals surface area contributed by atoms with E-state index in [-0.39, 0.29) is 17.0 Å². The van der Waals surface area contributed by atoms with Gasteiger partial charge in [-0.3, -0.25) is 0 Å². The maximum atomic E-state index is 2.33. The van der Waals surface area contributed by atoms with E-state index in [0.29, 0.717) is 6.04 Å². The molecule has 0 saturated carbocycles. The zero-order chi connectivity index (χ0) is 13.2. The maximum Gasteiger partial charge on any atom is 0.245 e. The number of hydrogen-bond acceptors (Lipinski definition) is 0. The molecule has 0 saturated heterocycles. The summed E-state index contributed by atoms with van der Waals surface area (Å²) in [4.78, 5) is 0. The second-order valence-corrected chi connectivity index (χ2v) is 5.22. The Morgan fingerprint density at radius 3 is 2.30 bits per heavy atom. The predicted molar refractivity (Wildman–Crippen MR) is 78.1 cm³/mol. The van der Waals surface area contributed by atoms with Crippen LogP contribution in [-0.2, 0) is 6.54 Å². The van der Waals surface area contributed by atoms with Crippen molar-refractivity contribution in [3.05, 3.63) is 66.5 Å². The Hall–Kier alpha value is -1.61. The lowest BCUT2D eigenvalue weighted by molar-refractivity contribution is -0.692. The predicted octanol–water partition coefficient (Wildman–Crippen LogP) is 0.562. The fourth-order valence-electron chi connectivity index (χ4n) is 2.52. The molecule has 0 radical (unpaired) electrons. The van der Waals surface area contributed by atoms with E-state index in [1.54, 1.807) is 0 Å². The highest BCUT2D eigenvalue weighted by Crippen LogP contribution is 2.14. The number of para-hydroxylation sites is 2. The number of halogens is 1. The van der Waals surface area contributed by atoms with Gasteiger partial charge in [-0.15, -0.1) is 0 Å². The van der Waals surface area contributed by atoms with Crippen LogP contribution in [0.5, 0.6) is 0 Å². The van der Waals surface area contributed by atoms with Crippen LogP contribution in [0.3, 0.4) is 0 Å². The Labute approximate surface area is 130 Å². The molecule has 3 rings (SSSR count). The van der Waals surface area contributed by atoms with Crippen molar-refractivity contribution < 1.29 is 21.5 Å². The molecule has 2 nitrogen and oxygen atoms in total. The molecule has 0 aliphatic rings. The molecule has 0 amide bonds. The third-order valence-electron chi connectivity index (χ3n) is 3.49. The number of imidazole rings is 1. The summed E-state index contributed by atoms with van der Waals surface area (Å²) in [5.41, 5.74) is 3.92. The summed E-state index contributed by atoms with van der Waals surface area (Å²) in [6.45, 7) is 5.36. The first-order valence-corrected chi connectivity index (χ1v) is 6.78. The van der Waals surface area contributed by atoms with Crippen LogP contribution in [0.2, 0.25) is 0 Å². The highest BCUT2D eigenvalue weighted by Gasteiger charge is 2.16. The van der Waals surface area contributed by atoms with Crippen LogP contribution in [0.15, 0.2) is 60.9 Å². The van der Waals surface area contributed by atoms with E-state index >= 15 is 0 Å². The Bertz CT molecular complexity index is 687. The van der Waals surface area contributed by atoms with E-state index in [1.807, 2.05) is 0 Å². The molecule has 0 fully saturated rings. The summed E-state index contributed by atoms with van der Waals surface area (Å²) < 4.78 is 4.66. The summed E-state index contributed by atoms with van der Waals surface area (Å²) in [5.74, 6) is 0. The molecule has 104 valence electrons. The number of rotatable bonds is 3. The van der Waals surface area contributed by atoms with Gasteiger partial charge in [0, 0.05) is 0 Å². The van der Waals surface area contributed by atoms with Crippen molar-refractivity contribution in [2.45, 2.75) is 26.4 Å². The van der Waals surface area contributed by atoms with Gasteiger partial charge in [0.2, 0.25) is 6.33 Å². The number of fused-ring (bicyclic) bond motifs is 1. The SMILES string of the molecule is CC(C)[n+]1cn(Cc2ccccc2)c2ccccc21.[Br-]. The number of aromatic nitrogens is 2. The average Bonchev–Trinajstić information content (AvgIpc) is 2.79. The van der Waals surface area contributed by atoms with Crippen LogP contribution >= 0.6 is 0 Å². The Kier molecular flexibility index (Phi) is 4.61. The largest absolute Gasteiger partial charge is 1.00 e. The quantitative estimate of drug-likeness (QED) is 0.621. The lowest BCUT2D eigenvalue weighted by atomic mass is 10.2. The molecule has 0 unspecified atom stereocenters. The zero-order valence-electron chi connectivity index (χ0n) is 11.8. The van der Waals surface area contributed by atoms with Crippen LogP contribution in [0, 0.1) is 0 Å². The van der Waals surface area contributed by atoms with Gasteiger partial charge in [-0.2, -0.15) is 0 Å². The van der Waals surface area contributed by atoms with E-state index in [0.717, 1.165) is 6.54 Å². The molecular formula is C17H19BrN2. The van der Waals surface area contributed by atoms with Gasteiger partial charge >= 0.3 is 0 Å². The highest BCUT2D eigenvalue weighted by atomic mass is 79.9. The van der Waals surface area contributed by atoms with Gasteiger partial charge in [-0.1, -0.05) is 42.5 Å². The molecule has 2 aromatic carbocycles. The zero-order valence-corrected chi connectivity index (χ0v) is 13.4. The van der Waals surface area contributed by atoms with Crippen molar-refractivity contribution in [3.8, 4) is 0 Å². The second-order valence-electron chi connectivity index (χ2n) is 5.22. The fourth-order valence-corrected chi connectivity index (χ4v) is 2.52. The molecule has 1 aromatic heterocycles. The van der Waals surface area contributed by atoms with E-state index in [9.17, 15) is 0 Å². The number of hydrogen-bond donors (Lipinski definition) is 0. The van der Waals surface area contributed by atoms with Crippen molar-refractivity contribution in [2.24, 2.45) is 0 Å². The van der Waals surface area contributed by atoms with Crippen LogP contribution in [0.25, 0.3) is 11.0 Å². The van der Waals surface area contributed by atoms with Crippen molar-refractivity contribution in [1.29, 1.82) is 0 Å². The van der Waals surface area contributed by atoms with E-state index in [4.69, 9.17) is 0 Å². The first kappa shape index (κ1) is 14.8. The third kappa shape index (κ3) is 2.78. The van der Waals surface area contributed by atoms with Crippen LogP contribution in [0.1, 0.15) is 25.5 Å². The molecule has 0 aliphatic heterocycles. The Balaban J connectivity index is 0.00000147. The van der Waals surface area contributed by atoms with Gasteiger partial charge in [-0.25, -0.2) is 9.13 Å². The summed E-state index contributed by atoms with van der Waals surface area (Å²) in [6.07, 6.45) is 2.22. The molecule has 0 spiro atoms. The third-order valence-corrected chi connectivity index (χ3v) is 3.49. The van der Waals surface area contributed by atoms with Gasteiger partial charge in [0.25, 0.3) is 0 Å². The summed E-state index contributed by atoms with van der Waals surface area (Å²) in [6, 6.07) is 19.7. The van der Waals surface area contributed by atoms with Gasteiger partial charge in [0.1, 0.15) is 6.54 Å². The number of benzene rings is 2. The summed E-state index contributed by atoms with van der Waals surface area (Å²) in [5, 5.41) is 0. The van der Waals surface area contributed by atoms with Crippen molar-refractivity contribution in [3.63, 3.8) is 0 Å². The minimum atomic E-state index is 0. The Morgan fingerprint density at radius 1 is 0.950 bits per heavy atom. The summed E-state index contributed by atoms with van der Waals surface area (Å²) >= 11 is 0. The van der Waals surface area contributed by atoms with Gasteiger partial charge in [-0.05, 0) is 31.5 Å². The molecule has 0 N–H and O–H groups in total. The van der Waals surface area contributed by atoms with Crippen molar-refractivity contribution in [1.82, 2.24) is 4.57 Å². The fraction of sp³-hybridized carbons (Fsp3) is 0.235. The smallest absolute Gasteiger partial charge is 0.245 e. The highest BCUT2D eigenvalue weighted by molar-refractivity contribution is 5.71. The maximum absolute atomic E-state index is 2.33. The summed E-state index contributed by atoms with van der Waals surface area (Å²) in [7, 11) is 0. The van der Waals surface area contributed by atoms with Crippen LogP contribution in [0.4, 0.5) is 0 Å². The minimum absolute atomic E-state index is 0. The monoisotopic (exact) mass is 330 g/mol. The van der Waals surface area contributed by atoms with Gasteiger partial charge < -0.3 is 17.0 Å². The lowest BCUT2D eigenvalue weighted by Crippen LogP contribution is -3.00. The van der Waals surface area contributed by atoms with Gasteiger partial charge in [0.15, 0.2) is 11.0 Å². The van der Waals surface area contributed by atoms with Crippen molar-refractivity contribution >= 4 is 11.0 Å². The van der Waals surface area contributed by atoms with E-state index in [1.165, 1.54) is 16.6 Å². The minimum Gasteiger partial charge on any atom is -1.00 e. The normalized spacial score (nSPS) is 10.8. The average molecular weight is 331 g/mol. The molecule has 3 aromatic rings. The molecule has 1 heterocycles. The second kappa shape index (κ2) is 6.23. The standard InChI is InChI=1S/C17H19N2.BrH/c1-14(2)19-13-18(12-15-8-4-3-5-9-15)16-10-6-7-11-17(16)19;/h3-11,13-14H,12H2,1-2H3;1H/q+1;/p-1. The van der Waals surface area contributed by atoms with E-state index in [2.05, 4.69) is 83.9 Å². The molecular weight excluding hydrogens is 312 g/mol. The topological polar surface area (TPSA) is 8.81 Å². The molecule has 0 bridgehead atoms. The molecule has 20 heavy (non-hydrogen) atoms. The number of nitrogens with zero attached hydrogens (tertiary/aromatic N) is 2. The lowest BCUT2D eigenvalue weighted by Gasteiger charge is -1.99. The van der Waals surface area contributed by atoms with Crippen LogP contribution < -0.4 is 21.5 Å². The molecule has 3 heteroatoms.